The van der Waals surface area contributed by atoms with Gasteiger partial charge in [-0.15, -0.1) is 0 Å². The van der Waals surface area contributed by atoms with E-state index in [0.29, 0.717) is 11.6 Å². The Morgan fingerprint density at radius 2 is 2.22 bits per heavy atom. The van der Waals surface area contributed by atoms with Crippen molar-refractivity contribution in [3.8, 4) is 17.0 Å². The van der Waals surface area contributed by atoms with E-state index in [2.05, 4.69) is 4.98 Å². The Morgan fingerprint density at radius 3 is 2.89 bits per heavy atom. The van der Waals surface area contributed by atoms with Gasteiger partial charge in [-0.05, 0) is 12.1 Å². The summed E-state index contributed by atoms with van der Waals surface area (Å²) < 4.78 is 7.09. The quantitative estimate of drug-likeness (QED) is 0.924. The molecule has 0 radical (unpaired) electrons. The highest BCUT2D eigenvalue weighted by atomic mass is 35.5. The first kappa shape index (κ1) is 12.9. The molecule has 1 heterocycles. The van der Waals surface area contributed by atoms with Crippen LogP contribution in [0.5, 0.6) is 5.75 Å². The zero-order chi connectivity index (χ0) is 13.1. The van der Waals surface area contributed by atoms with Crippen molar-refractivity contribution in [1.29, 1.82) is 0 Å². The van der Waals surface area contributed by atoms with Gasteiger partial charge in [0.2, 0.25) is 0 Å². The van der Waals surface area contributed by atoms with Crippen LogP contribution in [0.4, 0.5) is 0 Å². The minimum atomic E-state index is 0.0543. The largest absolute Gasteiger partial charge is 0.497 e. The van der Waals surface area contributed by atoms with Crippen molar-refractivity contribution in [2.24, 2.45) is 7.05 Å². The van der Waals surface area contributed by atoms with E-state index >= 15 is 0 Å². The van der Waals surface area contributed by atoms with Gasteiger partial charge in [-0.25, -0.2) is 4.98 Å². The molecule has 1 aromatic carbocycles. The normalized spacial score (nSPS) is 10.7. The first-order chi connectivity index (χ1) is 8.67. The maximum absolute atomic E-state index is 8.98. The SMILES string of the molecule is COc1cccc(-c2c(Cl)nc(CCO)n2C)c1. The summed E-state index contributed by atoms with van der Waals surface area (Å²) in [7, 11) is 3.51. The van der Waals surface area contributed by atoms with Gasteiger partial charge in [0.1, 0.15) is 11.6 Å². The second-order valence-corrected chi connectivity index (χ2v) is 4.29. The molecule has 1 aromatic heterocycles. The highest BCUT2D eigenvalue weighted by Crippen LogP contribution is 2.30. The molecule has 0 atom stereocenters. The van der Waals surface area contributed by atoms with Crippen LogP contribution >= 0.6 is 11.6 Å². The van der Waals surface area contributed by atoms with Crippen molar-refractivity contribution in [3.63, 3.8) is 0 Å². The number of rotatable bonds is 4. The molecule has 0 fully saturated rings. The van der Waals surface area contributed by atoms with Crippen LogP contribution in [-0.4, -0.2) is 28.4 Å². The number of halogens is 1. The van der Waals surface area contributed by atoms with E-state index in [4.69, 9.17) is 21.4 Å². The van der Waals surface area contributed by atoms with Crippen molar-refractivity contribution in [2.45, 2.75) is 6.42 Å². The van der Waals surface area contributed by atoms with Crippen molar-refractivity contribution in [3.05, 3.63) is 35.2 Å². The van der Waals surface area contributed by atoms with E-state index in [1.54, 1.807) is 7.11 Å². The van der Waals surface area contributed by atoms with Crippen LogP contribution in [-0.2, 0) is 13.5 Å². The fraction of sp³-hybridized carbons (Fsp3) is 0.308. The average molecular weight is 267 g/mol. The third kappa shape index (κ3) is 2.35. The number of nitrogens with zero attached hydrogens (tertiary/aromatic N) is 2. The van der Waals surface area contributed by atoms with Gasteiger partial charge >= 0.3 is 0 Å². The van der Waals surface area contributed by atoms with E-state index in [0.717, 1.165) is 22.8 Å². The molecule has 4 nitrogen and oxygen atoms in total. The van der Waals surface area contributed by atoms with E-state index in [9.17, 15) is 0 Å². The van der Waals surface area contributed by atoms with Gasteiger partial charge in [-0.1, -0.05) is 23.7 Å². The van der Waals surface area contributed by atoms with Crippen LogP contribution in [0.15, 0.2) is 24.3 Å². The number of aromatic nitrogens is 2. The van der Waals surface area contributed by atoms with Crippen molar-refractivity contribution >= 4 is 11.6 Å². The Morgan fingerprint density at radius 1 is 1.44 bits per heavy atom. The zero-order valence-electron chi connectivity index (χ0n) is 10.4. The number of ether oxygens (including phenoxy) is 1. The van der Waals surface area contributed by atoms with Crippen LogP contribution in [0.3, 0.4) is 0 Å². The molecule has 1 N–H and O–H groups in total. The van der Waals surface area contributed by atoms with Crippen molar-refractivity contribution in [2.75, 3.05) is 13.7 Å². The Labute approximate surface area is 111 Å². The number of methoxy groups -OCH3 is 1. The molecule has 0 aliphatic rings. The molecule has 0 aliphatic carbocycles. The number of hydrogen-bond donors (Lipinski definition) is 1. The summed E-state index contributed by atoms with van der Waals surface area (Å²) >= 11 is 6.16. The van der Waals surface area contributed by atoms with Gasteiger partial charge < -0.3 is 14.4 Å². The van der Waals surface area contributed by atoms with Gasteiger partial charge in [0.05, 0.1) is 19.4 Å². The molecule has 2 rings (SSSR count). The molecular weight excluding hydrogens is 252 g/mol. The van der Waals surface area contributed by atoms with Crippen molar-refractivity contribution < 1.29 is 9.84 Å². The Balaban J connectivity index is 2.49. The number of aliphatic hydroxyl groups excluding tert-OH is 1. The zero-order valence-corrected chi connectivity index (χ0v) is 11.1. The monoisotopic (exact) mass is 266 g/mol. The number of aliphatic hydroxyl groups is 1. The van der Waals surface area contributed by atoms with Gasteiger partial charge in [0.15, 0.2) is 5.15 Å². The van der Waals surface area contributed by atoms with E-state index in [1.165, 1.54) is 0 Å². The predicted octanol–water partition coefficient (Wildman–Crippen LogP) is 2.28. The molecule has 0 unspecified atom stereocenters. The first-order valence-electron chi connectivity index (χ1n) is 5.63. The predicted molar refractivity (Wildman–Crippen MR) is 71.0 cm³/mol. The van der Waals surface area contributed by atoms with Gasteiger partial charge in [-0.2, -0.15) is 0 Å². The molecule has 96 valence electrons. The van der Waals surface area contributed by atoms with Gasteiger partial charge in [0.25, 0.3) is 0 Å². The molecule has 5 heteroatoms. The van der Waals surface area contributed by atoms with Gasteiger partial charge in [0, 0.05) is 19.0 Å². The topological polar surface area (TPSA) is 47.3 Å². The maximum Gasteiger partial charge on any atom is 0.155 e. The molecular formula is C13H15ClN2O2. The molecule has 0 amide bonds. The molecule has 0 aliphatic heterocycles. The third-order valence-corrected chi connectivity index (χ3v) is 3.09. The summed E-state index contributed by atoms with van der Waals surface area (Å²) in [6.45, 7) is 0.0543. The fourth-order valence-electron chi connectivity index (χ4n) is 1.92. The van der Waals surface area contributed by atoms with Gasteiger partial charge in [-0.3, -0.25) is 0 Å². The lowest BCUT2D eigenvalue weighted by molar-refractivity contribution is 0.295. The lowest BCUT2D eigenvalue weighted by atomic mass is 10.1. The van der Waals surface area contributed by atoms with Crippen LogP contribution < -0.4 is 4.74 Å². The average Bonchev–Trinajstić information content (AvgIpc) is 2.65. The minimum absolute atomic E-state index is 0.0543. The summed E-state index contributed by atoms with van der Waals surface area (Å²) in [5.41, 5.74) is 1.78. The van der Waals surface area contributed by atoms with Crippen LogP contribution in [0.1, 0.15) is 5.82 Å². The van der Waals surface area contributed by atoms with Crippen molar-refractivity contribution in [1.82, 2.24) is 9.55 Å². The molecule has 18 heavy (non-hydrogen) atoms. The molecule has 2 aromatic rings. The second kappa shape index (κ2) is 5.42. The lowest BCUT2D eigenvalue weighted by Crippen LogP contribution is -2.02. The summed E-state index contributed by atoms with van der Waals surface area (Å²) in [4.78, 5) is 4.26. The Bertz CT molecular complexity index is 552. The summed E-state index contributed by atoms with van der Waals surface area (Å²) in [6, 6.07) is 7.64. The molecule has 0 spiro atoms. The highest BCUT2D eigenvalue weighted by Gasteiger charge is 2.14. The number of benzene rings is 1. The summed E-state index contributed by atoms with van der Waals surface area (Å²) in [5, 5.41) is 9.42. The molecule has 0 bridgehead atoms. The Kier molecular flexibility index (Phi) is 3.89. The fourth-order valence-corrected chi connectivity index (χ4v) is 2.25. The summed E-state index contributed by atoms with van der Waals surface area (Å²) in [5.74, 6) is 1.54. The minimum Gasteiger partial charge on any atom is -0.497 e. The smallest absolute Gasteiger partial charge is 0.155 e. The van der Waals surface area contributed by atoms with E-state index in [1.807, 2.05) is 35.9 Å². The number of hydrogen-bond acceptors (Lipinski definition) is 3. The third-order valence-electron chi connectivity index (χ3n) is 2.82. The molecule has 0 saturated heterocycles. The van der Waals surface area contributed by atoms with Crippen LogP contribution in [0, 0.1) is 0 Å². The first-order valence-corrected chi connectivity index (χ1v) is 6.01. The second-order valence-electron chi connectivity index (χ2n) is 3.93. The van der Waals surface area contributed by atoms with Crippen LogP contribution in [0.25, 0.3) is 11.3 Å². The summed E-state index contributed by atoms with van der Waals surface area (Å²) in [6.07, 6.45) is 0.486. The van der Waals surface area contributed by atoms with Crippen LogP contribution in [0.2, 0.25) is 5.15 Å². The highest BCUT2D eigenvalue weighted by molar-refractivity contribution is 6.32. The Hall–Kier alpha value is -1.52. The standard InChI is InChI=1S/C13H15ClN2O2/c1-16-11(6-7-17)15-13(14)12(16)9-4-3-5-10(8-9)18-2/h3-5,8,17H,6-7H2,1-2H3. The van der Waals surface area contributed by atoms with E-state index < -0.39 is 0 Å². The molecule has 0 saturated carbocycles. The van der Waals surface area contributed by atoms with E-state index in [-0.39, 0.29) is 6.61 Å². The lowest BCUT2D eigenvalue weighted by Gasteiger charge is -2.07. The maximum atomic E-state index is 8.98. The number of imidazole rings is 1.